The number of nitrogens with two attached hydrogens (primary N) is 1. The number of hydrogen-bond donors (Lipinski definition) is 1. The fraction of sp³-hybridized carbons (Fsp3) is 0.273. The lowest BCUT2D eigenvalue weighted by atomic mass is 10.2. The number of hydrogen-bond acceptors (Lipinski definition) is 4. The second kappa shape index (κ2) is 5.16. The normalized spacial score (nSPS) is 10.5. The van der Waals surface area contributed by atoms with E-state index in [9.17, 15) is 0 Å². The molecule has 0 saturated heterocycles. The fourth-order valence-electron chi connectivity index (χ4n) is 1.43. The van der Waals surface area contributed by atoms with Crippen molar-refractivity contribution in [1.29, 1.82) is 0 Å². The minimum Gasteiger partial charge on any atom is -0.485 e. The van der Waals surface area contributed by atoms with Gasteiger partial charge < -0.3 is 15.0 Å². The van der Waals surface area contributed by atoms with Crippen LogP contribution in [0.4, 0.5) is 0 Å². The minimum atomic E-state index is 0.352. The maximum atomic E-state index is 5.88. The zero-order valence-corrected chi connectivity index (χ0v) is 10.2. The standard InChI is InChI=1S/C11H13ClN4O/c1-16-7-14-15-11(16)6-17-10-3-2-9(12)4-8(10)5-13/h2-4,7H,5-6,13H2,1H3. The minimum absolute atomic E-state index is 0.352. The van der Waals surface area contributed by atoms with Gasteiger partial charge in [0, 0.05) is 24.2 Å². The number of aromatic nitrogens is 3. The molecule has 1 aromatic heterocycles. The zero-order valence-electron chi connectivity index (χ0n) is 9.43. The molecule has 0 aliphatic carbocycles. The Bertz CT molecular complexity index is 512. The van der Waals surface area contributed by atoms with Crippen LogP contribution >= 0.6 is 11.6 Å². The zero-order chi connectivity index (χ0) is 12.3. The van der Waals surface area contributed by atoms with Crippen LogP contribution in [0, 0.1) is 0 Å². The molecule has 0 aliphatic heterocycles. The highest BCUT2D eigenvalue weighted by Gasteiger charge is 2.06. The Balaban J connectivity index is 2.11. The molecule has 0 spiro atoms. The van der Waals surface area contributed by atoms with E-state index in [4.69, 9.17) is 22.1 Å². The maximum absolute atomic E-state index is 5.88. The van der Waals surface area contributed by atoms with Gasteiger partial charge in [0.25, 0.3) is 0 Å². The van der Waals surface area contributed by atoms with Gasteiger partial charge in [0.2, 0.25) is 0 Å². The quantitative estimate of drug-likeness (QED) is 0.896. The number of ether oxygens (including phenoxy) is 1. The summed E-state index contributed by atoms with van der Waals surface area (Å²) >= 11 is 5.88. The van der Waals surface area contributed by atoms with Crippen molar-refractivity contribution in [2.45, 2.75) is 13.2 Å². The highest BCUT2D eigenvalue weighted by atomic mass is 35.5. The van der Waals surface area contributed by atoms with Crippen LogP contribution < -0.4 is 10.5 Å². The van der Waals surface area contributed by atoms with Crippen LogP contribution in [0.25, 0.3) is 0 Å². The molecule has 2 N–H and O–H groups in total. The summed E-state index contributed by atoms with van der Waals surface area (Å²) in [4.78, 5) is 0. The van der Waals surface area contributed by atoms with Crippen molar-refractivity contribution < 1.29 is 4.74 Å². The first-order valence-electron chi connectivity index (χ1n) is 5.15. The molecule has 2 aromatic rings. The van der Waals surface area contributed by atoms with Crippen LogP contribution in [0.5, 0.6) is 5.75 Å². The van der Waals surface area contributed by atoms with Crippen LogP contribution in [0.2, 0.25) is 5.02 Å². The molecule has 0 fully saturated rings. The summed E-state index contributed by atoms with van der Waals surface area (Å²) in [6.07, 6.45) is 1.63. The van der Waals surface area contributed by atoms with E-state index in [1.165, 1.54) is 0 Å². The predicted molar refractivity (Wildman–Crippen MR) is 64.7 cm³/mol. The Morgan fingerprint density at radius 2 is 2.29 bits per heavy atom. The highest BCUT2D eigenvalue weighted by Crippen LogP contribution is 2.23. The van der Waals surface area contributed by atoms with Crippen molar-refractivity contribution in [3.63, 3.8) is 0 Å². The summed E-state index contributed by atoms with van der Waals surface area (Å²) in [6.45, 7) is 0.736. The third-order valence-corrected chi connectivity index (χ3v) is 2.64. The number of rotatable bonds is 4. The van der Waals surface area contributed by atoms with E-state index < -0.39 is 0 Å². The molecule has 0 atom stereocenters. The van der Waals surface area contributed by atoms with E-state index in [-0.39, 0.29) is 0 Å². The summed E-state index contributed by atoms with van der Waals surface area (Å²) in [6, 6.07) is 5.38. The Kier molecular flexibility index (Phi) is 3.61. The van der Waals surface area contributed by atoms with E-state index in [1.807, 2.05) is 7.05 Å². The molecule has 90 valence electrons. The van der Waals surface area contributed by atoms with Crippen LogP contribution in [0.3, 0.4) is 0 Å². The first-order chi connectivity index (χ1) is 8.20. The topological polar surface area (TPSA) is 66.0 Å². The van der Waals surface area contributed by atoms with Crippen molar-refractivity contribution in [2.75, 3.05) is 0 Å². The second-order valence-electron chi connectivity index (χ2n) is 3.60. The number of benzene rings is 1. The molecule has 0 saturated carbocycles. The summed E-state index contributed by atoms with van der Waals surface area (Å²) in [5.74, 6) is 1.47. The average molecular weight is 253 g/mol. The van der Waals surface area contributed by atoms with Gasteiger partial charge in [0.1, 0.15) is 18.7 Å². The molecule has 0 amide bonds. The molecular formula is C11H13ClN4O. The summed E-state index contributed by atoms with van der Waals surface area (Å²) in [7, 11) is 1.87. The van der Waals surface area contributed by atoms with E-state index in [2.05, 4.69) is 10.2 Å². The third-order valence-electron chi connectivity index (χ3n) is 2.40. The van der Waals surface area contributed by atoms with Crippen molar-refractivity contribution >= 4 is 11.6 Å². The molecule has 0 radical (unpaired) electrons. The second-order valence-corrected chi connectivity index (χ2v) is 4.04. The van der Waals surface area contributed by atoms with Gasteiger partial charge in [-0.2, -0.15) is 0 Å². The van der Waals surface area contributed by atoms with Crippen LogP contribution in [-0.2, 0) is 20.2 Å². The lowest BCUT2D eigenvalue weighted by Gasteiger charge is -2.10. The Labute approximate surface area is 104 Å². The first-order valence-corrected chi connectivity index (χ1v) is 5.52. The summed E-state index contributed by atoms with van der Waals surface area (Å²) in [5.41, 5.74) is 6.50. The first kappa shape index (κ1) is 11.9. The van der Waals surface area contributed by atoms with Crippen molar-refractivity contribution in [3.8, 4) is 5.75 Å². The molecular weight excluding hydrogens is 240 g/mol. The van der Waals surface area contributed by atoms with Crippen LogP contribution in [-0.4, -0.2) is 14.8 Å². The van der Waals surface area contributed by atoms with E-state index in [0.29, 0.717) is 18.2 Å². The molecule has 5 nitrogen and oxygen atoms in total. The van der Waals surface area contributed by atoms with Gasteiger partial charge in [-0.25, -0.2) is 0 Å². The Morgan fingerprint density at radius 3 is 2.94 bits per heavy atom. The summed E-state index contributed by atoms with van der Waals surface area (Å²) < 4.78 is 7.45. The molecule has 0 unspecified atom stereocenters. The van der Waals surface area contributed by atoms with E-state index in [1.54, 1.807) is 29.1 Å². The van der Waals surface area contributed by atoms with Gasteiger partial charge in [-0.3, -0.25) is 0 Å². The van der Waals surface area contributed by atoms with Crippen LogP contribution in [0.15, 0.2) is 24.5 Å². The third kappa shape index (κ3) is 2.75. The molecule has 17 heavy (non-hydrogen) atoms. The van der Waals surface area contributed by atoms with Crippen molar-refractivity contribution in [3.05, 3.63) is 40.9 Å². The highest BCUT2D eigenvalue weighted by molar-refractivity contribution is 6.30. The van der Waals surface area contributed by atoms with Gasteiger partial charge in [0.15, 0.2) is 5.82 Å². The molecule has 6 heteroatoms. The average Bonchev–Trinajstić information content (AvgIpc) is 2.73. The lowest BCUT2D eigenvalue weighted by molar-refractivity contribution is 0.288. The van der Waals surface area contributed by atoms with Gasteiger partial charge in [0.05, 0.1) is 0 Å². The maximum Gasteiger partial charge on any atom is 0.170 e. The SMILES string of the molecule is Cn1cnnc1COc1ccc(Cl)cc1CN. The van der Waals surface area contributed by atoms with Gasteiger partial charge >= 0.3 is 0 Å². The van der Waals surface area contributed by atoms with Gasteiger partial charge in [-0.05, 0) is 18.2 Å². The lowest BCUT2D eigenvalue weighted by Crippen LogP contribution is -2.06. The monoisotopic (exact) mass is 252 g/mol. The van der Waals surface area contributed by atoms with Crippen molar-refractivity contribution in [2.24, 2.45) is 12.8 Å². The molecule has 2 rings (SSSR count). The molecule has 0 bridgehead atoms. The van der Waals surface area contributed by atoms with E-state index >= 15 is 0 Å². The van der Waals surface area contributed by atoms with Crippen molar-refractivity contribution in [1.82, 2.24) is 14.8 Å². The fourth-order valence-corrected chi connectivity index (χ4v) is 1.62. The Morgan fingerprint density at radius 1 is 1.47 bits per heavy atom. The van der Waals surface area contributed by atoms with Gasteiger partial charge in [-0.15, -0.1) is 10.2 Å². The number of aryl methyl sites for hydroxylation is 1. The van der Waals surface area contributed by atoms with Crippen LogP contribution in [0.1, 0.15) is 11.4 Å². The van der Waals surface area contributed by atoms with Gasteiger partial charge in [-0.1, -0.05) is 11.6 Å². The molecule has 1 heterocycles. The summed E-state index contributed by atoms with van der Waals surface area (Å²) in [5, 5.41) is 8.36. The number of halogens is 1. The smallest absolute Gasteiger partial charge is 0.170 e. The predicted octanol–water partition coefficient (Wildman–Crippen LogP) is 1.51. The largest absolute Gasteiger partial charge is 0.485 e. The number of nitrogens with zero attached hydrogens (tertiary/aromatic N) is 3. The van der Waals surface area contributed by atoms with E-state index in [0.717, 1.165) is 17.1 Å². The Hall–Kier alpha value is -1.59. The molecule has 1 aromatic carbocycles. The molecule has 0 aliphatic rings.